The topological polar surface area (TPSA) is 61.8 Å². The molecular formula is C14H16F2O5. The van der Waals surface area contributed by atoms with Crippen LogP contribution in [0.25, 0.3) is 0 Å². The minimum absolute atomic E-state index is 0.00497. The molecule has 0 N–H and O–H groups in total. The van der Waals surface area contributed by atoms with Gasteiger partial charge in [0.2, 0.25) is 0 Å². The van der Waals surface area contributed by atoms with Crippen LogP contribution in [0.4, 0.5) is 8.78 Å². The normalized spacial score (nSPS) is 10.4. The number of carbonyl (C=O) groups is 2. The van der Waals surface area contributed by atoms with Gasteiger partial charge in [-0.3, -0.25) is 9.59 Å². The highest BCUT2D eigenvalue weighted by Gasteiger charge is 2.34. The Morgan fingerprint density at radius 3 is 2.00 bits per heavy atom. The summed E-state index contributed by atoms with van der Waals surface area (Å²) in [6.07, 6.45) is 0. The van der Waals surface area contributed by atoms with Crippen molar-refractivity contribution < 1.29 is 32.6 Å². The molecule has 0 saturated heterocycles. The van der Waals surface area contributed by atoms with Crippen LogP contribution in [-0.4, -0.2) is 32.3 Å². The van der Waals surface area contributed by atoms with E-state index in [2.05, 4.69) is 4.74 Å². The fourth-order valence-corrected chi connectivity index (χ4v) is 1.72. The number of benzene rings is 1. The van der Waals surface area contributed by atoms with Crippen molar-refractivity contribution in [3.63, 3.8) is 0 Å². The molecule has 0 atom stereocenters. The van der Waals surface area contributed by atoms with Gasteiger partial charge in [-0.2, -0.15) is 0 Å². The minimum atomic E-state index is -1.68. The second-order valence-electron chi connectivity index (χ2n) is 3.95. The number of rotatable bonds is 6. The molecule has 0 aliphatic carbocycles. The third-order valence-corrected chi connectivity index (χ3v) is 2.63. The first-order valence-electron chi connectivity index (χ1n) is 6.32. The quantitative estimate of drug-likeness (QED) is 0.595. The third-order valence-electron chi connectivity index (χ3n) is 2.63. The Labute approximate surface area is 120 Å². The van der Waals surface area contributed by atoms with Crippen LogP contribution in [0.1, 0.15) is 25.3 Å². The second-order valence-corrected chi connectivity index (χ2v) is 3.95. The van der Waals surface area contributed by atoms with Crippen molar-refractivity contribution in [3.8, 4) is 5.75 Å². The van der Waals surface area contributed by atoms with Crippen molar-refractivity contribution >= 4 is 11.9 Å². The third kappa shape index (κ3) is 3.90. The minimum Gasteiger partial charge on any atom is -0.494 e. The van der Waals surface area contributed by atoms with Crippen molar-refractivity contribution in [1.82, 2.24) is 0 Å². The molecule has 0 spiro atoms. The first-order chi connectivity index (χ1) is 9.96. The highest BCUT2D eigenvalue weighted by molar-refractivity contribution is 6.00. The van der Waals surface area contributed by atoms with Crippen molar-refractivity contribution in [2.75, 3.05) is 20.3 Å². The summed E-state index contributed by atoms with van der Waals surface area (Å²) in [7, 11) is 1.17. The van der Waals surface area contributed by atoms with E-state index in [0.29, 0.717) is 0 Å². The second kappa shape index (κ2) is 7.56. The molecule has 1 rings (SSSR count). The van der Waals surface area contributed by atoms with Crippen molar-refractivity contribution in [3.05, 3.63) is 29.3 Å². The summed E-state index contributed by atoms with van der Waals surface area (Å²) in [5, 5.41) is 0. The van der Waals surface area contributed by atoms with E-state index in [1.54, 1.807) is 0 Å². The van der Waals surface area contributed by atoms with Gasteiger partial charge in [-0.05, 0) is 19.9 Å². The molecule has 0 amide bonds. The number of hydrogen-bond donors (Lipinski definition) is 0. The lowest BCUT2D eigenvalue weighted by molar-refractivity contribution is -0.157. The van der Waals surface area contributed by atoms with Crippen LogP contribution in [0, 0.1) is 11.6 Å². The molecule has 1 aromatic carbocycles. The van der Waals surface area contributed by atoms with Gasteiger partial charge in [0.15, 0.2) is 17.5 Å². The molecule has 0 unspecified atom stereocenters. The molecular weight excluding hydrogens is 286 g/mol. The number of carbonyl (C=O) groups excluding carboxylic acids is 2. The van der Waals surface area contributed by atoms with E-state index in [9.17, 15) is 18.4 Å². The van der Waals surface area contributed by atoms with E-state index in [1.165, 1.54) is 21.0 Å². The van der Waals surface area contributed by atoms with Crippen LogP contribution < -0.4 is 4.74 Å². The van der Waals surface area contributed by atoms with E-state index < -0.39 is 35.1 Å². The Hall–Kier alpha value is -2.18. The largest absolute Gasteiger partial charge is 0.494 e. The van der Waals surface area contributed by atoms with Crippen molar-refractivity contribution in [2.24, 2.45) is 0 Å². The van der Waals surface area contributed by atoms with Crippen molar-refractivity contribution in [1.29, 1.82) is 0 Å². The lowest BCUT2D eigenvalue weighted by atomic mass is 9.98. The van der Waals surface area contributed by atoms with Crippen LogP contribution in [0.3, 0.4) is 0 Å². The van der Waals surface area contributed by atoms with Crippen molar-refractivity contribution in [2.45, 2.75) is 19.8 Å². The van der Waals surface area contributed by atoms with Gasteiger partial charge in [0.05, 0.1) is 20.3 Å². The fourth-order valence-electron chi connectivity index (χ4n) is 1.72. The van der Waals surface area contributed by atoms with Crippen LogP contribution in [0.5, 0.6) is 5.75 Å². The molecule has 5 nitrogen and oxygen atoms in total. The summed E-state index contributed by atoms with van der Waals surface area (Å²) in [5.74, 6) is -5.86. The Balaban J connectivity index is 3.28. The highest BCUT2D eigenvalue weighted by Crippen LogP contribution is 2.28. The zero-order chi connectivity index (χ0) is 16.0. The summed E-state index contributed by atoms with van der Waals surface area (Å²) < 4.78 is 41.8. The van der Waals surface area contributed by atoms with Gasteiger partial charge in [-0.1, -0.05) is 0 Å². The first-order valence-corrected chi connectivity index (χ1v) is 6.32. The Morgan fingerprint density at radius 1 is 1.05 bits per heavy atom. The maximum Gasteiger partial charge on any atom is 0.325 e. The van der Waals surface area contributed by atoms with E-state index >= 15 is 0 Å². The molecule has 0 aliphatic rings. The predicted octanol–water partition coefficient (Wildman–Crippen LogP) is 2.18. The summed E-state index contributed by atoms with van der Waals surface area (Å²) in [6.45, 7) is 3.06. The van der Waals surface area contributed by atoms with Crippen LogP contribution >= 0.6 is 0 Å². The number of esters is 2. The molecule has 0 radical (unpaired) electrons. The van der Waals surface area contributed by atoms with E-state index in [0.717, 1.165) is 12.1 Å². The van der Waals surface area contributed by atoms with Gasteiger partial charge in [-0.15, -0.1) is 0 Å². The molecule has 116 valence electrons. The van der Waals surface area contributed by atoms with Gasteiger partial charge in [0.1, 0.15) is 5.82 Å². The zero-order valence-corrected chi connectivity index (χ0v) is 11.9. The summed E-state index contributed by atoms with van der Waals surface area (Å²) in [5.41, 5.74) is -0.454. The lowest BCUT2D eigenvalue weighted by Crippen LogP contribution is -2.27. The predicted molar refractivity (Wildman–Crippen MR) is 68.9 cm³/mol. The van der Waals surface area contributed by atoms with Gasteiger partial charge in [0, 0.05) is 11.6 Å². The van der Waals surface area contributed by atoms with E-state index in [4.69, 9.17) is 9.47 Å². The number of hydrogen-bond acceptors (Lipinski definition) is 5. The van der Waals surface area contributed by atoms with E-state index in [1.807, 2.05) is 0 Å². The molecule has 0 aliphatic heterocycles. The molecule has 0 saturated carbocycles. The number of halogens is 2. The molecule has 21 heavy (non-hydrogen) atoms. The van der Waals surface area contributed by atoms with Gasteiger partial charge < -0.3 is 14.2 Å². The molecule has 1 aromatic rings. The summed E-state index contributed by atoms with van der Waals surface area (Å²) in [4.78, 5) is 23.7. The molecule has 0 aromatic heterocycles. The smallest absolute Gasteiger partial charge is 0.325 e. The van der Waals surface area contributed by atoms with Crippen LogP contribution in [-0.2, 0) is 19.1 Å². The molecule has 0 fully saturated rings. The van der Waals surface area contributed by atoms with Gasteiger partial charge in [0.25, 0.3) is 0 Å². The molecule has 0 heterocycles. The first kappa shape index (κ1) is 16.9. The van der Waals surface area contributed by atoms with Crippen LogP contribution in [0.2, 0.25) is 0 Å². The maximum atomic E-state index is 14.0. The van der Waals surface area contributed by atoms with Gasteiger partial charge in [-0.25, -0.2) is 8.78 Å². The lowest BCUT2D eigenvalue weighted by Gasteiger charge is -2.16. The SMILES string of the molecule is CCOC(=O)C(C(=O)OCC)c1cc(F)c(OC)cc1F. The zero-order valence-electron chi connectivity index (χ0n) is 11.9. The molecule has 7 heteroatoms. The summed E-state index contributed by atoms with van der Waals surface area (Å²) >= 11 is 0. The monoisotopic (exact) mass is 302 g/mol. The maximum absolute atomic E-state index is 14.0. The fraction of sp³-hybridized carbons (Fsp3) is 0.429. The van der Waals surface area contributed by atoms with E-state index in [-0.39, 0.29) is 19.0 Å². The number of ether oxygens (including phenoxy) is 3. The Kier molecular flexibility index (Phi) is 6.08. The van der Waals surface area contributed by atoms with Crippen LogP contribution in [0.15, 0.2) is 12.1 Å². The Bertz CT molecular complexity index is 512. The number of methoxy groups -OCH3 is 1. The Morgan fingerprint density at radius 2 is 1.57 bits per heavy atom. The van der Waals surface area contributed by atoms with Gasteiger partial charge >= 0.3 is 11.9 Å². The average molecular weight is 302 g/mol. The average Bonchev–Trinajstić information content (AvgIpc) is 2.43. The summed E-state index contributed by atoms with van der Waals surface area (Å²) in [6, 6.07) is 1.49. The standard InChI is InChI=1S/C14H16F2O5/c1-4-20-13(17)12(14(18)21-5-2)8-6-10(16)11(19-3)7-9(8)15/h6-7,12H,4-5H2,1-3H3. The molecule has 0 bridgehead atoms. The highest BCUT2D eigenvalue weighted by atomic mass is 19.1.